The summed E-state index contributed by atoms with van der Waals surface area (Å²) >= 11 is 0. The minimum absolute atomic E-state index is 0.0960. The number of hydrogen-bond acceptors (Lipinski definition) is 10. The van der Waals surface area contributed by atoms with Crippen molar-refractivity contribution in [1.29, 1.82) is 5.26 Å². The van der Waals surface area contributed by atoms with Gasteiger partial charge >= 0.3 is 12.1 Å². The smallest absolute Gasteiger partial charge is 0.471 e. The van der Waals surface area contributed by atoms with Crippen LogP contribution in [0, 0.1) is 11.3 Å². The van der Waals surface area contributed by atoms with Crippen LogP contribution in [0.15, 0.2) is 35.4 Å². The molecule has 1 aliphatic heterocycles. The van der Waals surface area contributed by atoms with Gasteiger partial charge in [-0.3, -0.25) is 4.98 Å². The van der Waals surface area contributed by atoms with Gasteiger partial charge in [-0.2, -0.15) is 23.4 Å². The third-order valence-electron chi connectivity index (χ3n) is 4.87. The third kappa shape index (κ3) is 4.53. The van der Waals surface area contributed by atoms with E-state index in [1.54, 1.807) is 17.2 Å². The summed E-state index contributed by atoms with van der Waals surface area (Å²) in [5.41, 5.74) is 1.13. The average molecular weight is 446 g/mol. The van der Waals surface area contributed by atoms with E-state index in [4.69, 9.17) is 10.00 Å². The van der Waals surface area contributed by atoms with Gasteiger partial charge in [-0.05, 0) is 18.1 Å². The van der Waals surface area contributed by atoms with Crippen molar-refractivity contribution < 1.29 is 22.4 Å². The third-order valence-corrected chi connectivity index (χ3v) is 4.87. The van der Waals surface area contributed by atoms with Crippen LogP contribution >= 0.6 is 0 Å². The Kier molecular flexibility index (Phi) is 5.76. The number of nitrogens with zero attached hydrogens (tertiary/aromatic N) is 8. The highest BCUT2D eigenvalue weighted by Gasteiger charge is 2.39. The van der Waals surface area contributed by atoms with Gasteiger partial charge in [-0.1, -0.05) is 0 Å². The average Bonchev–Trinajstić information content (AvgIpc) is 3.29. The molecule has 1 fully saturated rings. The van der Waals surface area contributed by atoms with E-state index in [9.17, 15) is 13.2 Å². The molecule has 0 bridgehead atoms. The van der Waals surface area contributed by atoms with E-state index >= 15 is 0 Å². The summed E-state index contributed by atoms with van der Waals surface area (Å²) in [6.45, 7) is 3.28. The van der Waals surface area contributed by atoms with E-state index in [-0.39, 0.29) is 18.6 Å². The maximum atomic E-state index is 12.7. The number of ether oxygens (including phenoxy) is 1. The fourth-order valence-corrected chi connectivity index (χ4v) is 3.24. The largest absolute Gasteiger partial charge is 0.486 e. The Balaban J connectivity index is 1.37. The summed E-state index contributed by atoms with van der Waals surface area (Å²) in [4.78, 5) is 19.6. The van der Waals surface area contributed by atoms with Crippen LogP contribution in [0.1, 0.15) is 23.9 Å². The molecule has 1 atom stereocenters. The van der Waals surface area contributed by atoms with E-state index in [0.717, 1.165) is 0 Å². The SMILES string of the molecule is C[C@@H]1CN(c2noc(C(F)(F)F)n2)CCN1c1ncc(OCc2ccncc2C#N)cn1. The highest BCUT2D eigenvalue weighted by atomic mass is 19.4. The van der Waals surface area contributed by atoms with Crippen molar-refractivity contribution >= 4 is 11.9 Å². The monoisotopic (exact) mass is 446 g/mol. The van der Waals surface area contributed by atoms with Gasteiger partial charge in [0.25, 0.3) is 5.95 Å². The number of alkyl halides is 3. The zero-order chi connectivity index (χ0) is 22.7. The Labute approximate surface area is 180 Å². The van der Waals surface area contributed by atoms with Gasteiger partial charge in [-0.25, -0.2) is 9.97 Å². The number of rotatable bonds is 5. The van der Waals surface area contributed by atoms with E-state index in [1.165, 1.54) is 18.6 Å². The molecule has 0 aromatic carbocycles. The summed E-state index contributed by atoms with van der Waals surface area (Å²) in [7, 11) is 0. The fraction of sp³-hybridized carbons (Fsp3) is 0.368. The molecule has 1 saturated heterocycles. The van der Waals surface area contributed by atoms with Crippen molar-refractivity contribution in [3.8, 4) is 11.8 Å². The maximum Gasteiger partial charge on any atom is 0.471 e. The van der Waals surface area contributed by atoms with Gasteiger partial charge in [0.05, 0.1) is 18.0 Å². The molecule has 0 saturated carbocycles. The van der Waals surface area contributed by atoms with Crippen molar-refractivity contribution in [1.82, 2.24) is 25.1 Å². The minimum atomic E-state index is -4.68. The van der Waals surface area contributed by atoms with Crippen molar-refractivity contribution in [2.45, 2.75) is 25.7 Å². The summed E-state index contributed by atoms with van der Waals surface area (Å²) in [5.74, 6) is -0.557. The van der Waals surface area contributed by atoms with Crippen LogP contribution in [0.4, 0.5) is 25.1 Å². The first-order valence-corrected chi connectivity index (χ1v) is 9.55. The standard InChI is InChI=1S/C19H17F3N8O2/c1-12-10-29(18-27-16(32-28-18)19(20,21)22)4-5-30(12)17-25-8-15(9-26-17)31-11-13-2-3-24-7-14(13)6-23/h2-3,7-9,12H,4-5,10-11H2,1H3/t12-/m1/s1. The number of hydrogen-bond donors (Lipinski definition) is 0. The predicted molar refractivity (Wildman–Crippen MR) is 104 cm³/mol. The molecule has 0 N–H and O–H groups in total. The lowest BCUT2D eigenvalue weighted by Gasteiger charge is -2.39. The van der Waals surface area contributed by atoms with E-state index < -0.39 is 12.1 Å². The normalized spacial score (nSPS) is 16.7. The molecule has 0 spiro atoms. The molecule has 4 heterocycles. The molecular weight excluding hydrogens is 429 g/mol. The lowest BCUT2D eigenvalue weighted by molar-refractivity contribution is -0.159. The van der Waals surface area contributed by atoms with Gasteiger partial charge in [0.1, 0.15) is 12.7 Å². The van der Waals surface area contributed by atoms with Crippen LogP contribution in [0.3, 0.4) is 0 Å². The molecule has 13 heteroatoms. The molecule has 1 aliphatic rings. The van der Waals surface area contributed by atoms with Crippen LogP contribution < -0.4 is 14.5 Å². The van der Waals surface area contributed by atoms with Gasteiger partial charge in [0.2, 0.25) is 5.95 Å². The molecule has 0 unspecified atom stereocenters. The lowest BCUT2D eigenvalue weighted by atomic mass is 10.2. The number of aromatic nitrogens is 5. The molecule has 0 radical (unpaired) electrons. The highest BCUT2D eigenvalue weighted by molar-refractivity contribution is 5.40. The molecule has 4 rings (SSSR count). The lowest BCUT2D eigenvalue weighted by Crippen LogP contribution is -2.53. The Morgan fingerprint density at radius 3 is 2.66 bits per heavy atom. The van der Waals surface area contributed by atoms with Gasteiger partial charge in [0, 0.05) is 43.6 Å². The van der Waals surface area contributed by atoms with E-state index in [2.05, 4.69) is 35.7 Å². The van der Waals surface area contributed by atoms with Crippen molar-refractivity contribution in [2.24, 2.45) is 0 Å². The predicted octanol–water partition coefficient (Wildman–Crippen LogP) is 2.44. The Morgan fingerprint density at radius 1 is 1.22 bits per heavy atom. The molecule has 0 aliphatic carbocycles. The molecular formula is C19H17F3N8O2. The van der Waals surface area contributed by atoms with Gasteiger partial charge < -0.3 is 19.1 Å². The topological polar surface area (TPSA) is 117 Å². The molecule has 0 amide bonds. The molecule has 32 heavy (non-hydrogen) atoms. The maximum absolute atomic E-state index is 12.7. The number of pyridine rings is 1. The Hall–Kier alpha value is -3.95. The quantitative estimate of drug-likeness (QED) is 0.578. The Morgan fingerprint density at radius 2 is 2.00 bits per heavy atom. The van der Waals surface area contributed by atoms with Crippen LogP contribution in [0.5, 0.6) is 5.75 Å². The van der Waals surface area contributed by atoms with Crippen LogP contribution in [-0.4, -0.2) is 50.8 Å². The second kappa shape index (κ2) is 8.66. The van der Waals surface area contributed by atoms with E-state index in [0.29, 0.717) is 42.5 Å². The van der Waals surface area contributed by atoms with Crippen molar-refractivity contribution in [3.05, 3.63) is 47.9 Å². The van der Waals surface area contributed by atoms with Gasteiger partial charge in [-0.15, -0.1) is 0 Å². The first-order chi connectivity index (χ1) is 15.3. The Bertz CT molecular complexity index is 1110. The van der Waals surface area contributed by atoms with Crippen LogP contribution in [0.25, 0.3) is 0 Å². The number of halogens is 3. The van der Waals surface area contributed by atoms with Crippen molar-refractivity contribution in [2.75, 3.05) is 29.4 Å². The molecule has 10 nitrogen and oxygen atoms in total. The summed E-state index contributed by atoms with van der Waals surface area (Å²) < 4.78 is 48.0. The first kappa shape index (κ1) is 21.3. The van der Waals surface area contributed by atoms with Crippen LogP contribution in [-0.2, 0) is 12.8 Å². The highest BCUT2D eigenvalue weighted by Crippen LogP contribution is 2.29. The minimum Gasteiger partial charge on any atom is -0.486 e. The molecule has 3 aromatic heterocycles. The second-order valence-electron chi connectivity index (χ2n) is 7.04. The van der Waals surface area contributed by atoms with Crippen LogP contribution in [0.2, 0.25) is 0 Å². The zero-order valence-corrected chi connectivity index (χ0v) is 16.8. The zero-order valence-electron chi connectivity index (χ0n) is 16.8. The first-order valence-electron chi connectivity index (χ1n) is 9.55. The molecule has 166 valence electrons. The van der Waals surface area contributed by atoms with E-state index in [1.807, 2.05) is 11.8 Å². The summed E-state index contributed by atoms with van der Waals surface area (Å²) in [5, 5.41) is 12.5. The van der Waals surface area contributed by atoms with Crippen molar-refractivity contribution in [3.63, 3.8) is 0 Å². The summed E-state index contributed by atoms with van der Waals surface area (Å²) in [6, 6.07) is 3.65. The van der Waals surface area contributed by atoms with Gasteiger partial charge in [0.15, 0.2) is 5.75 Å². The number of nitriles is 1. The summed E-state index contributed by atoms with van der Waals surface area (Å²) in [6.07, 6.45) is 1.44. The number of anilines is 2. The molecule has 3 aromatic rings. The fourth-order valence-electron chi connectivity index (χ4n) is 3.24. The second-order valence-corrected chi connectivity index (χ2v) is 7.04. The number of piperazine rings is 1.